The van der Waals surface area contributed by atoms with Crippen LogP contribution in [0.5, 0.6) is 0 Å². The smallest absolute Gasteiger partial charge is 0.313 e. The Kier molecular flexibility index (Phi) is 7.40. The first-order chi connectivity index (χ1) is 14.8. The molecule has 1 fully saturated rings. The van der Waals surface area contributed by atoms with Gasteiger partial charge in [-0.1, -0.05) is 24.6 Å². The molecular weight excluding hydrogens is 421 g/mol. The number of amides is 2. The molecule has 1 heterocycles. The van der Waals surface area contributed by atoms with E-state index in [1.165, 1.54) is 16.4 Å². The molecule has 1 aliphatic heterocycles. The molecule has 1 atom stereocenters. The van der Waals surface area contributed by atoms with Crippen molar-refractivity contribution in [1.82, 2.24) is 9.62 Å². The fourth-order valence-electron chi connectivity index (χ4n) is 3.65. The SMILES string of the molecule is Cc1ccccc1NC(=O)C(=O)NCC[C@@H]1CCCCN1S(=O)(=O)c1ccc(F)cc1. The summed E-state index contributed by atoms with van der Waals surface area (Å²) < 4.78 is 40.6. The van der Waals surface area contributed by atoms with E-state index in [0.717, 1.165) is 30.5 Å². The molecule has 0 bridgehead atoms. The Bertz CT molecular complexity index is 1040. The van der Waals surface area contributed by atoms with E-state index in [-0.39, 0.29) is 17.5 Å². The van der Waals surface area contributed by atoms with Crippen LogP contribution in [0.2, 0.25) is 0 Å². The highest BCUT2D eigenvalue weighted by Gasteiger charge is 2.33. The van der Waals surface area contributed by atoms with Gasteiger partial charge in [-0.05, 0) is 62.1 Å². The molecule has 3 rings (SSSR count). The summed E-state index contributed by atoms with van der Waals surface area (Å²) in [5.41, 5.74) is 1.40. The van der Waals surface area contributed by atoms with E-state index in [1.54, 1.807) is 12.1 Å². The van der Waals surface area contributed by atoms with Crippen molar-refractivity contribution in [1.29, 1.82) is 0 Å². The summed E-state index contributed by atoms with van der Waals surface area (Å²) >= 11 is 0. The van der Waals surface area contributed by atoms with Gasteiger partial charge in [-0.3, -0.25) is 9.59 Å². The van der Waals surface area contributed by atoms with Crippen LogP contribution in [0.15, 0.2) is 53.4 Å². The van der Waals surface area contributed by atoms with Crippen LogP contribution in [-0.4, -0.2) is 43.7 Å². The van der Waals surface area contributed by atoms with Gasteiger partial charge in [0.2, 0.25) is 10.0 Å². The first-order valence-corrected chi connectivity index (χ1v) is 11.7. The second-order valence-corrected chi connectivity index (χ2v) is 9.42. The largest absolute Gasteiger partial charge is 0.348 e. The third-order valence-corrected chi connectivity index (χ3v) is 7.32. The molecule has 2 aromatic carbocycles. The maximum atomic E-state index is 13.2. The highest BCUT2D eigenvalue weighted by molar-refractivity contribution is 7.89. The van der Waals surface area contributed by atoms with Gasteiger partial charge in [0, 0.05) is 24.8 Å². The Morgan fingerprint density at radius 3 is 2.48 bits per heavy atom. The lowest BCUT2D eigenvalue weighted by Crippen LogP contribution is -2.45. The van der Waals surface area contributed by atoms with E-state index in [0.29, 0.717) is 25.1 Å². The molecule has 0 spiro atoms. The van der Waals surface area contributed by atoms with Crippen LogP contribution in [0.1, 0.15) is 31.2 Å². The second kappa shape index (κ2) is 10.0. The lowest BCUT2D eigenvalue weighted by molar-refractivity contribution is -0.136. The van der Waals surface area contributed by atoms with Crippen molar-refractivity contribution in [2.45, 2.75) is 43.5 Å². The van der Waals surface area contributed by atoms with E-state index < -0.39 is 27.7 Å². The molecule has 9 heteroatoms. The van der Waals surface area contributed by atoms with E-state index in [2.05, 4.69) is 10.6 Å². The maximum Gasteiger partial charge on any atom is 0.313 e. The molecule has 1 aliphatic rings. The first-order valence-electron chi connectivity index (χ1n) is 10.2. The number of sulfonamides is 1. The Balaban J connectivity index is 1.58. The van der Waals surface area contributed by atoms with Gasteiger partial charge in [-0.25, -0.2) is 12.8 Å². The number of para-hydroxylation sites is 1. The minimum atomic E-state index is -3.77. The Hall–Kier alpha value is -2.78. The van der Waals surface area contributed by atoms with Gasteiger partial charge < -0.3 is 10.6 Å². The summed E-state index contributed by atoms with van der Waals surface area (Å²) in [4.78, 5) is 24.3. The molecule has 31 heavy (non-hydrogen) atoms. The minimum absolute atomic E-state index is 0.0439. The molecule has 2 amide bonds. The molecule has 0 radical (unpaired) electrons. The van der Waals surface area contributed by atoms with Gasteiger partial charge in [-0.2, -0.15) is 4.31 Å². The number of hydrogen-bond acceptors (Lipinski definition) is 4. The molecule has 2 aromatic rings. The van der Waals surface area contributed by atoms with Gasteiger partial charge in [0.15, 0.2) is 0 Å². The first kappa shape index (κ1) is 22.9. The van der Waals surface area contributed by atoms with Crippen molar-refractivity contribution in [3.05, 3.63) is 59.9 Å². The second-order valence-electron chi connectivity index (χ2n) is 7.53. The van der Waals surface area contributed by atoms with Gasteiger partial charge in [0.1, 0.15) is 5.82 Å². The average molecular weight is 448 g/mol. The van der Waals surface area contributed by atoms with Crippen LogP contribution in [0.4, 0.5) is 10.1 Å². The number of nitrogens with zero attached hydrogens (tertiary/aromatic N) is 1. The van der Waals surface area contributed by atoms with E-state index in [1.807, 2.05) is 19.1 Å². The summed E-state index contributed by atoms with van der Waals surface area (Å²) in [5.74, 6) is -2.04. The number of aryl methyl sites for hydroxylation is 1. The van der Waals surface area contributed by atoms with Gasteiger partial charge >= 0.3 is 11.8 Å². The molecule has 2 N–H and O–H groups in total. The number of carbonyl (C=O) groups excluding carboxylic acids is 2. The molecule has 7 nitrogen and oxygen atoms in total. The van der Waals surface area contributed by atoms with Gasteiger partial charge in [-0.15, -0.1) is 0 Å². The molecule has 0 unspecified atom stereocenters. The number of benzene rings is 2. The number of anilines is 1. The van der Waals surface area contributed by atoms with Crippen molar-refractivity contribution in [2.75, 3.05) is 18.4 Å². The van der Waals surface area contributed by atoms with Crippen LogP contribution < -0.4 is 10.6 Å². The zero-order chi connectivity index (χ0) is 22.4. The number of nitrogens with one attached hydrogen (secondary N) is 2. The fourth-order valence-corrected chi connectivity index (χ4v) is 5.37. The summed E-state index contributed by atoms with van der Waals surface area (Å²) in [6, 6.07) is 11.6. The molecule has 1 saturated heterocycles. The van der Waals surface area contributed by atoms with Gasteiger partial charge in [0.05, 0.1) is 4.90 Å². The summed E-state index contributed by atoms with van der Waals surface area (Å²) in [6.07, 6.45) is 2.65. The third kappa shape index (κ3) is 5.68. The summed E-state index contributed by atoms with van der Waals surface area (Å²) in [6.45, 7) is 2.36. The Labute approximate surface area is 181 Å². The minimum Gasteiger partial charge on any atom is -0.348 e. The van der Waals surface area contributed by atoms with E-state index >= 15 is 0 Å². The van der Waals surface area contributed by atoms with E-state index in [4.69, 9.17) is 0 Å². The van der Waals surface area contributed by atoms with Crippen LogP contribution in [0.3, 0.4) is 0 Å². The van der Waals surface area contributed by atoms with Crippen molar-refractivity contribution in [2.24, 2.45) is 0 Å². The van der Waals surface area contributed by atoms with Crippen LogP contribution in [0.25, 0.3) is 0 Å². The predicted octanol–water partition coefficient (Wildman–Crippen LogP) is 2.82. The predicted molar refractivity (Wildman–Crippen MR) is 115 cm³/mol. The lowest BCUT2D eigenvalue weighted by Gasteiger charge is -2.34. The monoisotopic (exact) mass is 447 g/mol. The van der Waals surface area contributed by atoms with Crippen LogP contribution in [0, 0.1) is 12.7 Å². The summed E-state index contributed by atoms with van der Waals surface area (Å²) in [7, 11) is -3.77. The number of piperidine rings is 1. The normalized spacial score (nSPS) is 17.2. The zero-order valence-electron chi connectivity index (χ0n) is 17.3. The molecule has 0 saturated carbocycles. The third-order valence-electron chi connectivity index (χ3n) is 5.36. The Morgan fingerprint density at radius 1 is 1.06 bits per heavy atom. The number of halogens is 1. The lowest BCUT2D eigenvalue weighted by atomic mass is 10.0. The molecule has 0 aliphatic carbocycles. The number of hydrogen-bond donors (Lipinski definition) is 2. The quantitative estimate of drug-likeness (QED) is 0.666. The number of rotatable bonds is 6. The fraction of sp³-hybridized carbons (Fsp3) is 0.364. The van der Waals surface area contributed by atoms with Gasteiger partial charge in [0.25, 0.3) is 0 Å². The van der Waals surface area contributed by atoms with E-state index in [9.17, 15) is 22.4 Å². The highest BCUT2D eigenvalue weighted by Crippen LogP contribution is 2.27. The van der Waals surface area contributed by atoms with Crippen LogP contribution in [-0.2, 0) is 19.6 Å². The molecular formula is C22H26FN3O4S. The standard InChI is InChI=1S/C22H26FN3O4S/c1-16-6-2-3-8-20(16)25-22(28)21(27)24-14-13-18-7-4-5-15-26(18)31(29,30)19-11-9-17(23)10-12-19/h2-3,6,8-12,18H,4-5,7,13-15H2,1H3,(H,24,27)(H,25,28)/t18-/m0/s1. The average Bonchev–Trinajstić information content (AvgIpc) is 2.76. The summed E-state index contributed by atoms with van der Waals surface area (Å²) in [5, 5.41) is 5.14. The number of carbonyl (C=O) groups is 2. The highest BCUT2D eigenvalue weighted by atomic mass is 32.2. The molecule has 166 valence electrons. The van der Waals surface area contributed by atoms with Crippen molar-refractivity contribution in [3.63, 3.8) is 0 Å². The topological polar surface area (TPSA) is 95.6 Å². The van der Waals surface area contributed by atoms with Crippen molar-refractivity contribution in [3.8, 4) is 0 Å². The maximum absolute atomic E-state index is 13.2. The Morgan fingerprint density at radius 2 is 1.77 bits per heavy atom. The van der Waals surface area contributed by atoms with Crippen LogP contribution >= 0.6 is 0 Å². The van der Waals surface area contributed by atoms with Crippen molar-refractivity contribution >= 4 is 27.5 Å². The zero-order valence-corrected chi connectivity index (χ0v) is 18.1. The molecule has 0 aromatic heterocycles. The van der Waals surface area contributed by atoms with Crippen molar-refractivity contribution < 1.29 is 22.4 Å².